The molecule has 1 aromatic carbocycles. The van der Waals surface area contributed by atoms with Gasteiger partial charge in [-0.15, -0.1) is 0 Å². The van der Waals surface area contributed by atoms with Crippen molar-refractivity contribution in [1.29, 1.82) is 0 Å². The summed E-state index contributed by atoms with van der Waals surface area (Å²) in [5, 5.41) is 10.2. The minimum atomic E-state index is -0.564. The van der Waals surface area contributed by atoms with Crippen molar-refractivity contribution in [3.63, 3.8) is 0 Å². The van der Waals surface area contributed by atoms with Crippen LogP contribution in [0.25, 0.3) is 0 Å². The Morgan fingerprint density at radius 1 is 1.05 bits per heavy atom. The van der Waals surface area contributed by atoms with E-state index in [1.165, 1.54) is 17.7 Å². The van der Waals surface area contributed by atoms with Gasteiger partial charge in [0.1, 0.15) is 0 Å². The summed E-state index contributed by atoms with van der Waals surface area (Å²) < 4.78 is 1.81. The molecule has 1 unspecified atom stereocenters. The van der Waals surface area contributed by atoms with E-state index in [0.29, 0.717) is 12.5 Å². The number of benzene rings is 1. The molecule has 2 aromatic rings. The van der Waals surface area contributed by atoms with E-state index in [2.05, 4.69) is 26.0 Å². The number of aliphatic hydroxyl groups is 1. The number of nitrogens with zero attached hydrogens (tertiary/aromatic N) is 1. The van der Waals surface area contributed by atoms with Gasteiger partial charge in [0.15, 0.2) is 5.43 Å². The van der Waals surface area contributed by atoms with Crippen LogP contribution in [-0.2, 0) is 13.0 Å². The molecular weight excluding hydrogens is 250 g/mol. The first-order valence-electron chi connectivity index (χ1n) is 6.97. The molecule has 1 aromatic heterocycles. The van der Waals surface area contributed by atoms with Gasteiger partial charge in [-0.1, -0.05) is 38.1 Å². The van der Waals surface area contributed by atoms with Crippen molar-refractivity contribution < 1.29 is 5.11 Å². The Balaban J connectivity index is 2.03. The second kappa shape index (κ2) is 6.53. The largest absolute Gasteiger partial charge is 0.387 e. The predicted molar refractivity (Wildman–Crippen MR) is 80.6 cm³/mol. The highest BCUT2D eigenvalue weighted by Crippen LogP contribution is 2.17. The van der Waals surface area contributed by atoms with Crippen molar-refractivity contribution in [3.8, 4) is 0 Å². The minimum absolute atomic E-state index is 0.0196. The van der Waals surface area contributed by atoms with Crippen LogP contribution in [0.1, 0.15) is 31.1 Å². The van der Waals surface area contributed by atoms with E-state index in [1.54, 1.807) is 12.4 Å². The second-order valence-corrected chi connectivity index (χ2v) is 5.59. The standard InChI is InChI=1S/C17H21NO2/c1-13(2)11-14-3-5-15(6-4-14)17(20)12-18-9-7-16(19)8-10-18/h3-10,13,17,20H,11-12H2,1-2H3. The molecule has 0 bridgehead atoms. The van der Waals surface area contributed by atoms with Gasteiger partial charge in [-0.25, -0.2) is 0 Å². The molecule has 1 N–H and O–H groups in total. The van der Waals surface area contributed by atoms with Gasteiger partial charge in [0.05, 0.1) is 12.6 Å². The number of aromatic nitrogens is 1. The maximum atomic E-state index is 11.0. The summed E-state index contributed by atoms with van der Waals surface area (Å²) in [4.78, 5) is 11.0. The Hall–Kier alpha value is -1.87. The fourth-order valence-corrected chi connectivity index (χ4v) is 2.22. The second-order valence-electron chi connectivity index (χ2n) is 5.59. The number of aliphatic hydroxyl groups excluding tert-OH is 1. The maximum Gasteiger partial charge on any atom is 0.181 e. The molecule has 2 rings (SSSR count). The van der Waals surface area contributed by atoms with Crippen LogP contribution < -0.4 is 5.43 Å². The van der Waals surface area contributed by atoms with Gasteiger partial charge in [-0.2, -0.15) is 0 Å². The molecule has 1 heterocycles. The molecule has 0 spiro atoms. The van der Waals surface area contributed by atoms with Gasteiger partial charge >= 0.3 is 0 Å². The van der Waals surface area contributed by atoms with Crippen LogP contribution in [0, 0.1) is 5.92 Å². The first kappa shape index (κ1) is 14.5. The lowest BCUT2D eigenvalue weighted by Crippen LogP contribution is -2.10. The summed E-state index contributed by atoms with van der Waals surface area (Å²) >= 11 is 0. The predicted octanol–water partition coefficient (Wildman–Crippen LogP) is 2.78. The van der Waals surface area contributed by atoms with E-state index in [0.717, 1.165) is 12.0 Å². The van der Waals surface area contributed by atoms with E-state index < -0.39 is 6.10 Å². The van der Waals surface area contributed by atoms with Crippen molar-refractivity contribution in [2.24, 2.45) is 5.92 Å². The molecule has 0 aliphatic rings. The van der Waals surface area contributed by atoms with Crippen LogP contribution in [0.5, 0.6) is 0 Å². The summed E-state index contributed by atoms with van der Waals surface area (Å²) in [7, 11) is 0. The zero-order valence-corrected chi connectivity index (χ0v) is 12.0. The van der Waals surface area contributed by atoms with Gasteiger partial charge in [0.25, 0.3) is 0 Å². The number of pyridine rings is 1. The molecule has 1 atom stereocenters. The monoisotopic (exact) mass is 271 g/mol. The number of hydrogen-bond donors (Lipinski definition) is 1. The third kappa shape index (κ3) is 4.07. The van der Waals surface area contributed by atoms with Crippen LogP contribution in [-0.4, -0.2) is 9.67 Å². The molecule has 0 aliphatic carbocycles. The topological polar surface area (TPSA) is 42.2 Å². The van der Waals surface area contributed by atoms with Crippen molar-refractivity contribution in [2.75, 3.05) is 0 Å². The molecule has 0 fully saturated rings. The summed E-state index contributed by atoms with van der Waals surface area (Å²) in [5.41, 5.74) is 2.17. The fourth-order valence-electron chi connectivity index (χ4n) is 2.22. The average molecular weight is 271 g/mol. The van der Waals surface area contributed by atoms with E-state index in [9.17, 15) is 9.90 Å². The molecule has 106 valence electrons. The van der Waals surface area contributed by atoms with Gasteiger partial charge in [-0.3, -0.25) is 4.79 Å². The normalized spacial score (nSPS) is 12.6. The molecule has 3 heteroatoms. The van der Waals surface area contributed by atoms with E-state index in [1.807, 2.05) is 16.7 Å². The van der Waals surface area contributed by atoms with Gasteiger partial charge < -0.3 is 9.67 Å². The highest BCUT2D eigenvalue weighted by atomic mass is 16.3. The first-order valence-corrected chi connectivity index (χ1v) is 6.97. The molecule has 0 amide bonds. The molecule has 0 aliphatic heterocycles. The number of hydrogen-bond acceptors (Lipinski definition) is 2. The van der Waals surface area contributed by atoms with Gasteiger partial charge in [0, 0.05) is 24.5 Å². The quantitative estimate of drug-likeness (QED) is 0.908. The van der Waals surface area contributed by atoms with Gasteiger partial charge in [-0.05, 0) is 23.5 Å². The summed E-state index contributed by atoms with van der Waals surface area (Å²) in [6, 6.07) is 11.1. The molecule has 3 nitrogen and oxygen atoms in total. The Kier molecular flexibility index (Phi) is 4.74. The highest BCUT2D eigenvalue weighted by molar-refractivity contribution is 5.24. The van der Waals surface area contributed by atoms with E-state index in [4.69, 9.17) is 0 Å². The Bertz CT molecular complexity index is 579. The lowest BCUT2D eigenvalue weighted by molar-refractivity contribution is 0.156. The van der Waals surface area contributed by atoms with Crippen LogP contribution >= 0.6 is 0 Å². The maximum absolute atomic E-state index is 11.0. The van der Waals surface area contributed by atoms with Crippen LogP contribution in [0.15, 0.2) is 53.6 Å². The van der Waals surface area contributed by atoms with Crippen LogP contribution in [0.4, 0.5) is 0 Å². The third-order valence-electron chi connectivity index (χ3n) is 3.25. The average Bonchev–Trinajstić information content (AvgIpc) is 2.41. The third-order valence-corrected chi connectivity index (χ3v) is 3.25. The SMILES string of the molecule is CC(C)Cc1ccc(C(O)Cn2ccc(=O)cc2)cc1. The Labute approximate surface area is 119 Å². The Morgan fingerprint density at radius 2 is 1.65 bits per heavy atom. The van der Waals surface area contributed by atoms with E-state index in [-0.39, 0.29) is 5.43 Å². The molecule has 0 saturated heterocycles. The van der Waals surface area contributed by atoms with Gasteiger partial charge in [0.2, 0.25) is 0 Å². The summed E-state index contributed by atoms with van der Waals surface area (Å²) in [6.07, 6.45) is 3.87. The highest BCUT2D eigenvalue weighted by Gasteiger charge is 2.08. The van der Waals surface area contributed by atoms with Crippen molar-refractivity contribution in [1.82, 2.24) is 4.57 Å². The summed E-state index contributed by atoms with van der Waals surface area (Å²) in [5.74, 6) is 0.631. The van der Waals surface area contributed by atoms with Crippen molar-refractivity contribution in [2.45, 2.75) is 32.9 Å². The van der Waals surface area contributed by atoms with Crippen LogP contribution in [0.2, 0.25) is 0 Å². The molecule has 0 saturated carbocycles. The van der Waals surface area contributed by atoms with Crippen LogP contribution in [0.3, 0.4) is 0 Å². The Morgan fingerprint density at radius 3 is 2.20 bits per heavy atom. The fraction of sp³-hybridized carbons (Fsp3) is 0.353. The molecule has 0 radical (unpaired) electrons. The zero-order chi connectivity index (χ0) is 14.5. The molecular formula is C17H21NO2. The zero-order valence-electron chi connectivity index (χ0n) is 12.0. The number of rotatable bonds is 5. The molecule has 20 heavy (non-hydrogen) atoms. The minimum Gasteiger partial charge on any atom is -0.387 e. The van der Waals surface area contributed by atoms with Crippen molar-refractivity contribution in [3.05, 3.63) is 70.1 Å². The summed E-state index contributed by atoms with van der Waals surface area (Å²) in [6.45, 7) is 4.84. The first-order chi connectivity index (χ1) is 9.54. The lowest BCUT2D eigenvalue weighted by atomic mass is 10.0. The lowest BCUT2D eigenvalue weighted by Gasteiger charge is -2.14. The van der Waals surface area contributed by atoms with E-state index >= 15 is 0 Å². The van der Waals surface area contributed by atoms with Crippen molar-refractivity contribution >= 4 is 0 Å². The smallest absolute Gasteiger partial charge is 0.181 e.